The van der Waals surface area contributed by atoms with Crippen molar-refractivity contribution in [2.24, 2.45) is 5.73 Å². The van der Waals surface area contributed by atoms with E-state index < -0.39 is 0 Å². The standard InChI is InChI=1S/C13H19BrN2/c1-9(16-13-7-12(15)8-13)6-10-2-4-11(14)5-3-10/h2-5,9,12-13,16H,6-8,15H2,1H3. The lowest BCUT2D eigenvalue weighted by Gasteiger charge is -2.35. The summed E-state index contributed by atoms with van der Waals surface area (Å²) in [6, 6.07) is 10.1. The minimum atomic E-state index is 0.428. The van der Waals surface area contributed by atoms with Crippen molar-refractivity contribution in [2.75, 3.05) is 0 Å². The Labute approximate surface area is 106 Å². The lowest BCUT2D eigenvalue weighted by molar-refractivity contribution is 0.270. The lowest BCUT2D eigenvalue weighted by atomic mass is 9.87. The zero-order chi connectivity index (χ0) is 11.5. The van der Waals surface area contributed by atoms with Crippen LogP contribution in [0.15, 0.2) is 28.7 Å². The van der Waals surface area contributed by atoms with Crippen LogP contribution < -0.4 is 11.1 Å². The largest absolute Gasteiger partial charge is 0.328 e. The molecule has 1 aliphatic carbocycles. The summed E-state index contributed by atoms with van der Waals surface area (Å²) in [7, 11) is 0. The first-order valence-corrected chi connectivity index (χ1v) is 6.69. The maximum absolute atomic E-state index is 5.77. The maximum Gasteiger partial charge on any atom is 0.0175 e. The highest BCUT2D eigenvalue weighted by molar-refractivity contribution is 9.10. The minimum Gasteiger partial charge on any atom is -0.328 e. The van der Waals surface area contributed by atoms with E-state index in [-0.39, 0.29) is 0 Å². The molecule has 1 saturated carbocycles. The van der Waals surface area contributed by atoms with Gasteiger partial charge in [0.2, 0.25) is 0 Å². The van der Waals surface area contributed by atoms with Gasteiger partial charge in [-0.05, 0) is 43.9 Å². The smallest absolute Gasteiger partial charge is 0.0175 e. The molecule has 1 aromatic carbocycles. The van der Waals surface area contributed by atoms with E-state index in [0.29, 0.717) is 18.1 Å². The van der Waals surface area contributed by atoms with Gasteiger partial charge in [-0.1, -0.05) is 28.1 Å². The van der Waals surface area contributed by atoms with Crippen LogP contribution >= 0.6 is 15.9 Å². The number of nitrogens with two attached hydrogens (primary N) is 1. The Morgan fingerprint density at radius 2 is 2.00 bits per heavy atom. The van der Waals surface area contributed by atoms with E-state index in [1.807, 2.05) is 0 Å². The van der Waals surface area contributed by atoms with Crippen molar-refractivity contribution >= 4 is 15.9 Å². The first-order chi connectivity index (χ1) is 7.63. The Balaban J connectivity index is 1.78. The van der Waals surface area contributed by atoms with Gasteiger partial charge in [-0.2, -0.15) is 0 Å². The Morgan fingerprint density at radius 3 is 2.56 bits per heavy atom. The summed E-state index contributed by atoms with van der Waals surface area (Å²) in [4.78, 5) is 0. The van der Waals surface area contributed by atoms with Crippen LogP contribution in [0, 0.1) is 0 Å². The average Bonchev–Trinajstić information content (AvgIpc) is 2.19. The third-order valence-corrected chi connectivity index (χ3v) is 3.68. The van der Waals surface area contributed by atoms with Gasteiger partial charge in [0.1, 0.15) is 0 Å². The van der Waals surface area contributed by atoms with Crippen LogP contribution in [0.3, 0.4) is 0 Å². The van der Waals surface area contributed by atoms with Crippen LogP contribution in [0.25, 0.3) is 0 Å². The molecule has 0 heterocycles. The molecule has 2 rings (SSSR count). The topological polar surface area (TPSA) is 38.0 Å². The van der Waals surface area contributed by atoms with Gasteiger partial charge in [-0.3, -0.25) is 0 Å². The van der Waals surface area contributed by atoms with E-state index in [4.69, 9.17) is 5.73 Å². The fraction of sp³-hybridized carbons (Fsp3) is 0.538. The lowest BCUT2D eigenvalue weighted by Crippen LogP contribution is -2.51. The molecule has 1 aromatic rings. The predicted molar refractivity (Wildman–Crippen MR) is 71.4 cm³/mol. The molecule has 0 aliphatic heterocycles. The Kier molecular flexibility index (Phi) is 4.00. The predicted octanol–water partition coefficient (Wildman–Crippen LogP) is 2.46. The van der Waals surface area contributed by atoms with Crippen molar-refractivity contribution in [2.45, 2.75) is 44.3 Å². The van der Waals surface area contributed by atoms with Gasteiger partial charge in [0, 0.05) is 22.6 Å². The fourth-order valence-electron chi connectivity index (χ4n) is 2.23. The molecule has 1 fully saturated rings. The second kappa shape index (κ2) is 5.30. The number of nitrogens with one attached hydrogen (secondary N) is 1. The van der Waals surface area contributed by atoms with Crippen molar-refractivity contribution in [3.05, 3.63) is 34.3 Å². The molecule has 3 heteroatoms. The third-order valence-electron chi connectivity index (χ3n) is 3.15. The normalized spacial score (nSPS) is 26.2. The highest BCUT2D eigenvalue weighted by atomic mass is 79.9. The highest BCUT2D eigenvalue weighted by Crippen LogP contribution is 2.19. The van der Waals surface area contributed by atoms with Gasteiger partial charge >= 0.3 is 0 Å². The van der Waals surface area contributed by atoms with Gasteiger partial charge in [0.05, 0.1) is 0 Å². The molecule has 2 nitrogen and oxygen atoms in total. The molecular weight excluding hydrogens is 264 g/mol. The first kappa shape index (κ1) is 12.1. The molecule has 0 bridgehead atoms. The van der Waals surface area contributed by atoms with Crippen molar-refractivity contribution in [1.82, 2.24) is 5.32 Å². The zero-order valence-electron chi connectivity index (χ0n) is 9.62. The molecule has 3 N–H and O–H groups in total. The summed E-state index contributed by atoms with van der Waals surface area (Å²) in [5.41, 5.74) is 7.15. The molecule has 1 atom stereocenters. The number of hydrogen-bond donors (Lipinski definition) is 2. The van der Waals surface area contributed by atoms with Gasteiger partial charge < -0.3 is 11.1 Å². The van der Waals surface area contributed by atoms with E-state index in [0.717, 1.165) is 23.7 Å². The Bertz CT molecular complexity index is 330. The molecule has 88 valence electrons. The summed E-state index contributed by atoms with van der Waals surface area (Å²) < 4.78 is 1.14. The van der Waals surface area contributed by atoms with Gasteiger partial charge in [-0.15, -0.1) is 0 Å². The SMILES string of the molecule is CC(Cc1ccc(Br)cc1)NC1CC(N)C1. The van der Waals surface area contributed by atoms with Crippen LogP contribution in [-0.4, -0.2) is 18.1 Å². The van der Waals surface area contributed by atoms with Gasteiger partial charge in [0.15, 0.2) is 0 Å². The van der Waals surface area contributed by atoms with Crippen LogP contribution in [0.1, 0.15) is 25.3 Å². The molecule has 16 heavy (non-hydrogen) atoms. The van der Waals surface area contributed by atoms with Crippen molar-refractivity contribution in [3.8, 4) is 0 Å². The fourth-order valence-corrected chi connectivity index (χ4v) is 2.50. The number of benzene rings is 1. The second-order valence-electron chi connectivity index (χ2n) is 4.83. The van der Waals surface area contributed by atoms with Gasteiger partial charge in [0.25, 0.3) is 0 Å². The van der Waals surface area contributed by atoms with Crippen molar-refractivity contribution in [1.29, 1.82) is 0 Å². The van der Waals surface area contributed by atoms with E-state index in [2.05, 4.69) is 52.4 Å². The molecule has 1 unspecified atom stereocenters. The van der Waals surface area contributed by atoms with Crippen LogP contribution in [0.4, 0.5) is 0 Å². The molecular formula is C13H19BrN2. The summed E-state index contributed by atoms with van der Waals surface area (Å²) in [6.07, 6.45) is 3.34. The third kappa shape index (κ3) is 3.30. The zero-order valence-corrected chi connectivity index (χ0v) is 11.2. The summed E-state index contributed by atoms with van der Waals surface area (Å²) >= 11 is 3.45. The molecule has 0 amide bonds. The van der Waals surface area contributed by atoms with Crippen molar-refractivity contribution in [3.63, 3.8) is 0 Å². The molecule has 0 saturated heterocycles. The monoisotopic (exact) mass is 282 g/mol. The Hall–Kier alpha value is -0.380. The summed E-state index contributed by atoms with van der Waals surface area (Å²) in [5, 5.41) is 3.62. The van der Waals surface area contributed by atoms with E-state index in [1.165, 1.54) is 5.56 Å². The van der Waals surface area contributed by atoms with E-state index >= 15 is 0 Å². The molecule has 0 radical (unpaired) electrons. The molecule has 1 aliphatic rings. The molecule has 0 spiro atoms. The van der Waals surface area contributed by atoms with E-state index in [1.54, 1.807) is 0 Å². The maximum atomic E-state index is 5.77. The highest BCUT2D eigenvalue weighted by Gasteiger charge is 2.26. The quantitative estimate of drug-likeness (QED) is 0.890. The van der Waals surface area contributed by atoms with Gasteiger partial charge in [-0.25, -0.2) is 0 Å². The van der Waals surface area contributed by atoms with Crippen LogP contribution in [-0.2, 0) is 6.42 Å². The van der Waals surface area contributed by atoms with Crippen molar-refractivity contribution < 1.29 is 0 Å². The number of hydrogen-bond acceptors (Lipinski definition) is 2. The van der Waals surface area contributed by atoms with Crippen LogP contribution in [0.2, 0.25) is 0 Å². The average molecular weight is 283 g/mol. The van der Waals surface area contributed by atoms with E-state index in [9.17, 15) is 0 Å². The molecule has 0 aromatic heterocycles. The minimum absolute atomic E-state index is 0.428. The summed E-state index contributed by atoms with van der Waals surface area (Å²) in [6.45, 7) is 2.24. The number of rotatable bonds is 4. The number of halogens is 1. The van der Waals surface area contributed by atoms with Crippen LogP contribution in [0.5, 0.6) is 0 Å². The second-order valence-corrected chi connectivity index (χ2v) is 5.74. The first-order valence-electron chi connectivity index (χ1n) is 5.89. The Morgan fingerprint density at radius 1 is 1.38 bits per heavy atom. The summed E-state index contributed by atoms with van der Waals surface area (Å²) in [5.74, 6) is 0.